The summed E-state index contributed by atoms with van der Waals surface area (Å²) in [4.78, 5) is 0. The Labute approximate surface area is 153 Å². The van der Waals surface area contributed by atoms with Crippen molar-refractivity contribution in [3.8, 4) is 17.6 Å². The zero-order chi connectivity index (χ0) is 17.5. The quantitative estimate of drug-likeness (QED) is 0.624. The summed E-state index contributed by atoms with van der Waals surface area (Å²) in [5.41, 5.74) is 2.87. The number of anilines is 1. The van der Waals surface area contributed by atoms with Crippen molar-refractivity contribution in [2.24, 2.45) is 0 Å². The fraction of sp³-hybridized carbons (Fsp3) is 0.0909. The van der Waals surface area contributed by atoms with Gasteiger partial charge in [0.1, 0.15) is 11.8 Å². The molecule has 0 saturated heterocycles. The number of hydrogen-bond acceptors (Lipinski definition) is 2. The van der Waals surface area contributed by atoms with Crippen LogP contribution in [0.2, 0.25) is 5.02 Å². The molecule has 0 unspecified atom stereocenters. The molecule has 3 aromatic rings. The van der Waals surface area contributed by atoms with Crippen LogP contribution < -0.4 is 10.1 Å². The van der Waals surface area contributed by atoms with Crippen LogP contribution in [0.3, 0.4) is 0 Å². The first kappa shape index (κ1) is 17.0. The van der Waals surface area contributed by atoms with E-state index in [9.17, 15) is 0 Å². The number of halogens is 1. The van der Waals surface area contributed by atoms with Crippen molar-refractivity contribution in [3.63, 3.8) is 0 Å². The van der Waals surface area contributed by atoms with Gasteiger partial charge in [-0.05, 0) is 42.5 Å². The third-order valence-corrected chi connectivity index (χ3v) is 4.10. The third-order valence-electron chi connectivity index (χ3n) is 3.75. The normalized spacial score (nSPS) is 11.1. The number of hydrogen-bond donors (Lipinski definition) is 1. The molecule has 3 aromatic carbocycles. The second kappa shape index (κ2) is 8.28. The first-order valence-corrected chi connectivity index (χ1v) is 8.35. The first-order chi connectivity index (χ1) is 12.3. The second-order valence-electron chi connectivity index (χ2n) is 5.46. The Kier molecular flexibility index (Phi) is 5.61. The van der Waals surface area contributed by atoms with E-state index in [1.807, 2.05) is 78.9 Å². The van der Waals surface area contributed by atoms with Crippen molar-refractivity contribution in [1.82, 2.24) is 0 Å². The number of rotatable bonds is 4. The molecule has 124 valence electrons. The first-order valence-electron chi connectivity index (χ1n) is 7.98. The van der Waals surface area contributed by atoms with E-state index in [0.717, 1.165) is 22.6 Å². The molecule has 2 nitrogen and oxygen atoms in total. The lowest BCUT2D eigenvalue weighted by atomic mass is 10.1. The lowest BCUT2D eigenvalue weighted by Gasteiger charge is -2.16. The van der Waals surface area contributed by atoms with Crippen LogP contribution in [0.4, 0.5) is 5.69 Å². The predicted molar refractivity (Wildman–Crippen MR) is 104 cm³/mol. The van der Waals surface area contributed by atoms with Gasteiger partial charge in [0.15, 0.2) is 0 Å². The smallest absolute Gasteiger partial charge is 0.119 e. The standard InChI is InChI=1S/C22H18ClNO/c1-25-19-14-12-18(13-15-19)24-22(20-9-5-6-10-21(20)23)16-11-17-7-3-2-4-8-17/h2-10,12-15,22,24H,1H3/t22-/m0/s1. The molecule has 0 radical (unpaired) electrons. The summed E-state index contributed by atoms with van der Waals surface area (Å²) in [5, 5.41) is 4.13. The highest BCUT2D eigenvalue weighted by atomic mass is 35.5. The molecule has 0 aromatic heterocycles. The minimum Gasteiger partial charge on any atom is -0.497 e. The Morgan fingerprint density at radius 3 is 2.24 bits per heavy atom. The van der Waals surface area contributed by atoms with Gasteiger partial charge in [-0.25, -0.2) is 0 Å². The van der Waals surface area contributed by atoms with Crippen LogP contribution in [0, 0.1) is 11.8 Å². The minimum absolute atomic E-state index is 0.220. The predicted octanol–water partition coefficient (Wildman–Crippen LogP) is 5.55. The number of ether oxygens (including phenoxy) is 1. The lowest BCUT2D eigenvalue weighted by molar-refractivity contribution is 0.415. The Bertz CT molecular complexity index is 879. The highest BCUT2D eigenvalue weighted by molar-refractivity contribution is 6.31. The van der Waals surface area contributed by atoms with Gasteiger partial charge in [0.05, 0.1) is 7.11 Å². The number of methoxy groups -OCH3 is 1. The maximum Gasteiger partial charge on any atom is 0.119 e. The van der Waals surface area contributed by atoms with E-state index in [-0.39, 0.29) is 6.04 Å². The molecule has 25 heavy (non-hydrogen) atoms. The summed E-state index contributed by atoms with van der Waals surface area (Å²) in [6, 6.07) is 25.2. The van der Waals surface area contributed by atoms with Gasteiger partial charge in [0.2, 0.25) is 0 Å². The van der Waals surface area contributed by atoms with Gasteiger partial charge >= 0.3 is 0 Å². The van der Waals surface area contributed by atoms with Gasteiger partial charge < -0.3 is 10.1 Å². The highest BCUT2D eigenvalue weighted by Crippen LogP contribution is 2.26. The Morgan fingerprint density at radius 2 is 1.56 bits per heavy atom. The molecule has 0 aliphatic carbocycles. The van der Waals surface area contributed by atoms with E-state index in [2.05, 4.69) is 17.2 Å². The van der Waals surface area contributed by atoms with E-state index in [1.54, 1.807) is 7.11 Å². The molecule has 3 rings (SSSR count). The molecule has 1 atom stereocenters. The summed E-state index contributed by atoms with van der Waals surface area (Å²) in [6.07, 6.45) is 0. The minimum atomic E-state index is -0.220. The topological polar surface area (TPSA) is 21.3 Å². The largest absolute Gasteiger partial charge is 0.497 e. The van der Waals surface area contributed by atoms with Crippen molar-refractivity contribution >= 4 is 17.3 Å². The average Bonchev–Trinajstić information content (AvgIpc) is 2.67. The summed E-state index contributed by atoms with van der Waals surface area (Å²) in [7, 11) is 1.65. The average molecular weight is 348 g/mol. The summed E-state index contributed by atoms with van der Waals surface area (Å²) < 4.78 is 5.21. The van der Waals surface area contributed by atoms with Gasteiger partial charge in [-0.15, -0.1) is 0 Å². The van der Waals surface area contributed by atoms with Crippen LogP contribution in [0.1, 0.15) is 17.2 Å². The zero-order valence-corrected chi connectivity index (χ0v) is 14.6. The molecule has 0 aliphatic rings. The van der Waals surface area contributed by atoms with Crippen molar-refractivity contribution < 1.29 is 4.74 Å². The van der Waals surface area contributed by atoms with Gasteiger partial charge in [-0.1, -0.05) is 59.8 Å². The van der Waals surface area contributed by atoms with Crippen molar-refractivity contribution in [2.45, 2.75) is 6.04 Å². The van der Waals surface area contributed by atoms with Crippen LogP contribution in [0.5, 0.6) is 5.75 Å². The Balaban J connectivity index is 1.91. The maximum absolute atomic E-state index is 6.39. The molecular formula is C22H18ClNO. The molecule has 0 aliphatic heterocycles. The van der Waals surface area contributed by atoms with Crippen molar-refractivity contribution in [1.29, 1.82) is 0 Å². The van der Waals surface area contributed by atoms with Crippen LogP contribution in [0.15, 0.2) is 78.9 Å². The molecule has 3 heteroatoms. The van der Waals surface area contributed by atoms with Gasteiger partial charge in [0, 0.05) is 21.8 Å². The number of nitrogens with one attached hydrogen (secondary N) is 1. The van der Waals surface area contributed by atoms with Crippen LogP contribution in [-0.4, -0.2) is 7.11 Å². The fourth-order valence-electron chi connectivity index (χ4n) is 2.43. The number of benzene rings is 3. The molecule has 0 saturated carbocycles. The Hall–Kier alpha value is -2.89. The van der Waals surface area contributed by atoms with E-state index in [0.29, 0.717) is 5.02 Å². The monoisotopic (exact) mass is 347 g/mol. The molecule has 0 heterocycles. The third kappa shape index (κ3) is 4.56. The van der Waals surface area contributed by atoms with Crippen molar-refractivity contribution in [2.75, 3.05) is 12.4 Å². The van der Waals surface area contributed by atoms with Crippen molar-refractivity contribution in [3.05, 3.63) is 95.0 Å². The summed E-state index contributed by atoms with van der Waals surface area (Å²) >= 11 is 6.39. The molecule has 0 spiro atoms. The summed E-state index contributed by atoms with van der Waals surface area (Å²) in [6.45, 7) is 0. The van der Waals surface area contributed by atoms with Crippen LogP contribution in [0.25, 0.3) is 0 Å². The fourth-order valence-corrected chi connectivity index (χ4v) is 2.68. The van der Waals surface area contributed by atoms with E-state index in [4.69, 9.17) is 16.3 Å². The SMILES string of the molecule is COc1ccc(N[C@@H](C#Cc2ccccc2)c2ccccc2Cl)cc1. The Morgan fingerprint density at radius 1 is 0.880 bits per heavy atom. The summed E-state index contributed by atoms with van der Waals surface area (Å²) in [5.74, 6) is 7.33. The van der Waals surface area contributed by atoms with E-state index < -0.39 is 0 Å². The van der Waals surface area contributed by atoms with E-state index >= 15 is 0 Å². The molecule has 1 N–H and O–H groups in total. The highest BCUT2D eigenvalue weighted by Gasteiger charge is 2.12. The van der Waals surface area contributed by atoms with E-state index in [1.165, 1.54) is 0 Å². The second-order valence-corrected chi connectivity index (χ2v) is 5.87. The maximum atomic E-state index is 6.39. The molecule has 0 bridgehead atoms. The zero-order valence-electron chi connectivity index (χ0n) is 13.9. The van der Waals surface area contributed by atoms with Gasteiger partial charge in [-0.3, -0.25) is 0 Å². The van der Waals surface area contributed by atoms with Crippen LogP contribution >= 0.6 is 11.6 Å². The molecular weight excluding hydrogens is 330 g/mol. The molecule has 0 fully saturated rings. The lowest BCUT2D eigenvalue weighted by Crippen LogP contribution is -2.09. The van der Waals surface area contributed by atoms with Gasteiger partial charge in [-0.2, -0.15) is 0 Å². The molecule has 0 amide bonds. The van der Waals surface area contributed by atoms with Crippen LogP contribution in [-0.2, 0) is 0 Å². The van der Waals surface area contributed by atoms with Gasteiger partial charge in [0.25, 0.3) is 0 Å².